The van der Waals surface area contributed by atoms with Crippen molar-refractivity contribution in [1.29, 1.82) is 0 Å². The van der Waals surface area contributed by atoms with Crippen LogP contribution in [0.15, 0.2) is 60.7 Å². The van der Waals surface area contributed by atoms with Crippen LogP contribution in [0, 0.1) is 13.8 Å². The molecule has 0 heteroatoms. The lowest BCUT2D eigenvalue weighted by molar-refractivity contribution is 1.26. The van der Waals surface area contributed by atoms with Crippen LogP contribution in [0.25, 0.3) is 22.3 Å². The number of benzene rings is 3. The molecule has 0 heterocycles. The highest BCUT2D eigenvalue weighted by atomic mass is 14.3. The number of fused-ring (bicyclic) bond motifs is 3. The van der Waals surface area contributed by atoms with Crippen LogP contribution in [0.1, 0.15) is 22.3 Å². The Labute approximate surface area is 126 Å². The van der Waals surface area contributed by atoms with Gasteiger partial charge in [0.25, 0.3) is 0 Å². The van der Waals surface area contributed by atoms with Crippen molar-refractivity contribution in [1.82, 2.24) is 0 Å². The van der Waals surface area contributed by atoms with Crippen LogP contribution >= 0.6 is 0 Å². The van der Waals surface area contributed by atoms with Crippen molar-refractivity contribution in [2.24, 2.45) is 0 Å². The molecule has 102 valence electrons. The second-order valence-corrected chi connectivity index (χ2v) is 5.94. The van der Waals surface area contributed by atoms with E-state index in [1.54, 1.807) is 0 Å². The van der Waals surface area contributed by atoms with E-state index in [1.807, 2.05) is 0 Å². The summed E-state index contributed by atoms with van der Waals surface area (Å²) in [5.41, 5.74) is 11.2. The maximum atomic E-state index is 2.27. The van der Waals surface area contributed by atoms with Crippen LogP contribution in [0.3, 0.4) is 0 Å². The minimum atomic E-state index is 1.06. The van der Waals surface area contributed by atoms with Gasteiger partial charge in [-0.15, -0.1) is 0 Å². The highest BCUT2D eigenvalue weighted by Gasteiger charge is 2.22. The zero-order valence-electron chi connectivity index (χ0n) is 12.5. The molecule has 1 aliphatic rings. The Balaban J connectivity index is 2.05. The molecule has 0 atom stereocenters. The molecule has 4 rings (SSSR count). The lowest BCUT2D eigenvalue weighted by Crippen LogP contribution is -1.91. The summed E-state index contributed by atoms with van der Waals surface area (Å²) in [6.07, 6.45) is 1.06. The normalized spacial score (nSPS) is 12.1. The zero-order chi connectivity index (χ0) is 14.4. The fourth-order valence-electron chi connectivity index (χ4n) is 3.64. The smallest absolute Gasteiger partial charge is 0.00132 e. The molecule has 0 aliphatic heterocycles. The highest BCUT2D eigenvalue weighted by Crippen LogP contribution is 2.44. The van der Waals surface area contributed by atoms with Crippen LogP contribution in [0.4, 0.5) is 0 Å². The van der Waals surface area contributed by atoms with Crippen LogP contribution in [0.2, 0.25) is 0 Å². The summed E-state index contributed by atoms with van der Waals surface area (Å²) in [4.78, 5) is 0. The fourth-order valence-corrected chi connectivity index (χ4v) is 3.64. The van der Waals surface area contributed by atoms with Gasteiger partial charge in [-0.3, -0.25) is 0 Å². The molecule has 0 aromatic heterocycles. The topological polar surface area (TPSA) is 0 Å². The fraction of sp³-hybridized carbons (Fsp3) is 0.143. The number of hydrogen-bond acceptors (Lipinski definition) is 0. The third-order valence-electron chi connectivity index (χ3n) is 4.57. The van der Waals surface area contributed by atoms with Crippen LogP contribution < -0.4 is 0 Å². The molecule has 21 heavy (non-hydrogen) atoms. The van der Waals surface area contributed by atoms with E-state index in [0.29, 0.717) is 0 Å². The molecule has 0 unspecified atom stereocenters. The van der Waals surface area contributed by atoms with Gasteiger partial charge in [0.2, 0.25) is 0 Å². The first-order chi connectivity index (χ1) is 10.3. The molecule has 0 bridgehead atoms. The summed E-state index contributed by atoms with van der Waals surface area (Å²) < 4.78 is 0. The van der Waals surface area contributed by atoms with Crippen molar-refractivity contribution in [2.75, 3.05) is 0 Å². The van der Waals surface area contributed by atoms with Gasteiger partial charge in [0.15, 0.2) is 0 Å². The number of aryl methyl sites for hydroxylation is 2. The van der Waals surface area contributed by atoms with Crippen LogP contribution in [-0.2, 0) is 6.42 Å². The van der Waals surface area contributed by atoms with E-state index < -0.39 is 0 Å². The molecule has 0 radical (unpaired) electrons. The molecule has 0 N–H and O–H groups in total. The van der Waals surface area contributed by atoms with E-state index in [2.05, 4.69) is 74.5 Å². The van der Waals surface area contributed by atoms with Crippen molar-refractivity contribution in [3.05, 3.63) is 82.9 Å². The Hall–Kier alpha value is -2.34. The van der Waals surface area contributed by atoms with Gasteiger partial charge in [-0.1, -0.05) is 60.7 Å². The van der Waals surface area contributed by atoms with E-state index in [1.165, 1.54) is 44.5 Å². The Bertz CT molecular complexity index is 820. The first-order valence-corrected chi connectivity index (χ1v) is 7.52. The summed E-state index contributed by atoms with van der Waals surface area (Å²) in [6.45, 7) is 4.42. The van der Waals surface area contributed by atoms with Gasteiger partial charge >= 0.3 is 0 Å². The van der Waals surface area contributed by atoms with Gasteiger partial charge in [0.05, 0.1) is 0 Å². The Morgan fingerprint density at radius 3 is 2.00 bits per heavy atom. The molecule has 0 nitrogen and oxygen atoms in total. The summed E-state index contributed by atoms with van der Waals surface area (Å²) in [7, 11) is 0. The molecular weight excluding hydrogens is 252 g/mol. The minimum absolute atomic E-state index is 1.06. The van der Waals surface area contributed by atoms with Crippen molar-refractivity contribution in [3.8, 4) is 22.3 Å². The van der Waals surface area contributed by atoms with E-state index in [0.717, 1.165) is 6.42 Å². The van der Waals surface area contributed by atoms with Crippen molar-refractivity contribution < 1.29 is 0 Å². The second kappa shape index (κ2) is 4.60. The molecule has 0 spiro atoms. The summed E-state index contributed by atoms with van der Waals surface area (Å²) in [5, 5.41) is 0. The molecule has 0 saturated carbocycles. The monoisotopic (exact) mass is 270 g/mol. The predicted octanol–water partition coefficient (Wildman–Crippen LogP) is 5.54. The molecule has 1 aliphatic carbocycles. The molecule has 0 fully saturated rings. The SMILES string of the molecule is Cc1cccc(C)c1-c1cccc2c1-c1ccccc1C2. The van der Waals surface area contributed by atoms with Gasteiger partial charge in [0.1, 0.15) is 0 Å². The lowest BCUT2D eigenvalue weighted by atomic mass is 9.89. The molecule has 0 amide bonds. The van der Waals surface area contributed by atoms with Gasteiger partial charge < -0.3 is 0 Å². The molecule has 0 saturated heterocycles. The number of rotatable bonds is 1. The molecule has 3 aromatic rings. The standard InChI is InChI=1S/C21H18/c1-14-7-5-8-15(2)20(14)19-12-6-10-17-13-16-9-3-4-11-18(16)21(17)19/h3-12H,13H2,1-2H3. The third kappa shape index (κ3) is 1.83. The highest BCUT2D eigenvalue weighted by molar-refractivity contribution is 5.92. The zero-order valence-corrected chi connectivity index (χ0v) is 12.5. The maximum Gasteiger partial charge on any atom is -0.00132 e. The van der Waals surface area contributed by atoms with Crippen LogP contribution in [-0.4, -0.2) is 0 Å². The predicted molar refractivity (Wildman–Crippen MR) is 89.6 cm³/mol. The largest absolute Gasteiger partial charge is 0.0619 e. The minimum Gasteiger partial charge on any atom is -0.0619 e. The Morgan fingerprint density at radius 2 is 1.19 bits per heavy atom. The first kappa shape index (κ1) is 12.4. The number of hydrogen-bond donors (Lipinski definition) is 0. The Morgan fingerprint density at radius 1 is 0.571 bits per heavy atom. The lowest BCUT2D eigenvalue weighted by Gasteiger charge is -2.15. The third-order valence-corrected chi connectivity index (χ3v) is 4.57. The van der Waals surface area contributed by atoms with Crippen LogP contribution in [0.5, 0.6) is 0 Å². The summed E-state index contributed by atoms with van der Waals surface area (Å²) >= 11 is 0. The van der Waals surface area contributed by atoms with Crippen molar-refractivity contribution in [2.45, 2.75) is 20.3 Å². The van der Waals surface area contributed by atoms with E-state index >= 15 is 0 Å². The van der Waals surface area contributed by atoms with E-state index in [-0.39, 0.29) is 0 Å². The van der Waals surface area contributed by atoms with Crippen molar-refractivity contribution >= 4 is 0 Å². The van der Waals surface area contributed by atoms with Crippen molar-refractivity contribution in [3.63, 3.8) is 0 Å². The summed E-state index contributed by atoms with van der Waals surface area (Å²) in [6, 6.07) is 22.1. The molecular formula is C21H18. The first-order valence-electron chi connectivity index (χ1n) is 7.52. The average molecular weight is 270 g/mol. The second-order valence-electron chi connectivity index (χ2n) is 5.94. The van der Waals surface area contributed by atoms with E-state index in [4.69, 9.17) is 0 Å². The summed E-state index contributed by atoms with van der Waals surface area (Å²) in [5.74, 6) is 0. The van der Waals surface area contributed by atoms with Gasteiger partial charge in [-0.05, 0) is 64.8 Å². The average Bonchev–Trinajstić information content (AvgIpc) is 2.86. The van der Waals surface area contributed by atoms with Gasteiger partial charge in [-0.2, -0.15) is 0 Å². The molecule has 3 aromatic carbocycles. The van der Waals surface area contributed by atoms with E-state index in [9.17, 15) is 0 Å². The maximum absolute atomic E-state index is 2.27. The Kier molecular flexibility index (Phi) is 2.71. The quantitative estimate of drug-likeness (QED) is 0.426. The van der Waals surface area contributed by atoms with Gasteiger partial charge in [0, 0.05) is 0 Å². The van der Waals surface area contributed by atoms with Gasteiger partial charge in [-0.25, -0.2) is 0 Å².